The zero-order valence-corrected chi connectivity index (χ0v) is 15.9. The highest BCUT2D eigenvalue weighted by Crippen LogP contribution is 2.28. The Bertz CT molecular complexity index is 759. The monoisotopic (exact) mass is 383 g/mol. The first-order chi connectivity index (χ1) is 12.3. The maximum absolute atomic E-state index is 12.6. The second kappa shape index (κ2) is 7.30. The number of hydrogen-bond donors (Lipinski definition) is 1. The number of nitrogens with zero attached hydrogens (tertiary/aromatic N) is 2. The van der Waals surface area contributed by atoms with Crippen LogP contribution >= 0.6 is 0 Å². The molecule has 0 saturated carbocycles. The van der Waals surface area contributed by atoms with Crippen LogP contribution in [0.3, 0.4) is 0 Å². The standard InChI is InChI=1S/C17H25N3O5S/c1-12(2)8-16(21)19-5-6-20(15-11-26(23,24)10-14(15)19)17(22)18-9-13-4-3-7-25-13/h3-4,7,12,14-15H,5-6,8-11H2,1-2H3,(H,18,22)/t14-,15+/m0/s1. The maximum atomic E-state index is 12.6. The summed E-state index contributed by atoms with van der Waals surface area (Å²) in [5, 5.41) is 2.77. The van der Waals surface area contributed by atoms with Crippen LogP contribution in [0, 0.1) is 5.92 Å². The second-order valence-electron chi connectivity index (χ2n) is 7.33. The highest BCUT2D eigenvalue weighted by molar-refractivity contribution is 7.91. The molecule has 0 unspecified atom stereocenters. The summed E-state index contributed by atoms with van der Waals surface area (Å²) in [5.74, 6) is 0.608. The van der Waals surface area contributed by atoms with E-state index in [2.05, 4.69) is 5.32 Å². The van der Waals surface area contributed by atoms with Crippen LogP contribution in [0.1, 0.15) is 26.0 Å². The Morgan fingerprint density at radius 3 is 2.50 bits per heavy atom. The van der Waals surface area contributed by atoms with Crippen LogP contribution in [-0.4, -0.2) is 66.8 Å². The number of amides is 3. The third kappa shape index (κ3) is 4.03. The predicted octanol–water partition coefficient (Wildman–Crippen LogP) is 0.845. The molecular formula is C17H25N3O5S. The molecule has 3 rings (SSSR count). The van der Waals surface area contributed by atoms with Gasteiger partial charge in [0.15, 0.2) is 9.84 Å². The molecule has 3 heterocycles. The third-order valence-electron chi connectivity index (χ3n) is 4.83. The number of carbonyl (C=O) groups excluding carboxylic acids is 2. The Kier molecular flexibility index (Phi) is 5.27. The Morgan fingerprint density at radius 2 is 1.88 bits per heavy atom. The van der Waals surface area contributed by atoms with E-state index in [9.17, 15) is 18.0 Å². The van der Waals surface area contributed by atoms with Gasteiger partial charge in [0, 0.05) is 19.5 Å². The Hall–Kier alpha value is -2.03. The molecule has 1 N–H and O–H groups in total. The molecule has 3 amide bonds. The Morgan fingerprint density at radius 1 is 1.23 bits per heavy atom. The molecule has 2 fully saturated rings. The zero-order chi connectivity index (χ0) is 18.9. The van der Waals surface area contributed by atoms with Crippen LogP contribution in [-0.2, 0) is 21.2 Å². The van der Waals surface area contributed by atoms with Crippen molar-refractivity contribution < 1.29 is 22.4 Å². The lowest BCUT2D eigenvalue weighted by molar-refractivity contribution is -0.137. The van der Waals surface area contributed by atoms with E-state index in [1.807, 2.05) is 13.8 Å². The fraction of sp³-hybridized carbons (Fsp3) is 0.647. The molecule has 26 heavy (non-hydrogen) atoms. The van der Waals surface area contributed by atoms with Crippen molar-refractivity contribution in [2.75, 3.05) is 24.6 Å². The van der Waals surface area contributed by atoms with E-state index in [1.54, 1.807) is 21.9 Å². The predicted molar refractivity (Wildman–Crippen MR) is 95.0 cm³/mol. The van der Waals surface area contributed by atoms with Crippen LogP contribution in [0.15, 0.2) is 22.8 Å². The summed E-state index contributed by atoms with van der Waals surface area (Å²) in [4.78, 5) is 28.3. The molecule has 144 valence electrons. The first-order valence-electron chi connectivity index (χ1n) is 8.83. The van der Waals surface area contributed by atoms with Gasteiger partial charge in [0.05, 0.1) is 36.4 Å². The third-order valence-corrected chi connectivity index (χ3v) is 6.53. The molecule has 1 aromatic rings. The van der Waals surface area contributed by atoms with Gasteiger partial charge in [0.2, 0.25) is 5.91 Å². The van der Waals surface area contributed by atoms with Gasteiger partial charge < -0.3 is 19.5 Å². The largest absolute Gasteiger partial charge is 0.467 e. The highest BCUT2D eigenvalue weighted by Gasteiger charge is 2.49. The van der Waals surface area contributed by atoms with Gasteiger partial charge in [-0.1, -0.05) is 13.8 Å². The fourth-order valence-electron chi connectivity index (χ4n) is 3.66. The van der Waals surface area contributed by atoms with Gasteiger partial charge in [-0.3, -0.25) is 4.79 Å². The second-order valence-corrected chi connectivity index (χ2v) is 9.48. The molecule has 0 spiro atoms. The van der Waals surface area contributed by atoms with Crippen molar-refractivity contribution in [1.29, 1.82) is 0 Å². The maximum Gasteiger partial charge on any atom is 0.318 e. The summed E-state index contributed by atoms with van der Waals surface area (Å²) in [6.07, 6.45) is 1.91. The molecule has 2 aliphatic rings. The number of furan rings is 1. The SMILES string of the molecule is CC(C)CC(=O)N1CCN(C(=O)NCc2ccco2)[C@@H]2CS(=O)(=O)C[C@@H]21. The number of fused-ring (bicyclic) bond motifs is 1. The Balaban J connectivity index is 1.71. The van der Waals surface area contributed by atoms with E-state index in [0.717, 1.165) is 0 Å². The lowest BCUT2D eigenvalue weighted by atomic mass is 10.0. The van der Waals surface area contributed by atoms with Crippen molar-refractivity contribution >= 4 is 21.8 Å². The Labute approximate surface area is 153 Å². The summed E-state index contributed by atoms with van der Waals surface area (Å²) in [7, 11) is -3.28. The van der Waals surface area contributed by atoms with E-state index in [1.165, 1.54) is 6.26 Å². The van der Waals surface area contributed by atoms with Crippen molar-refractivity contribution in [2.24, 2.45) is 5.92 Å². The molecular weight excluding hydrogens is 358 g/mol. The first kappa shape index (κ1) is 18.8. The molecule has 1 aromatic heterocycles. The van der Waals surface area contributed by atoms with E-state index in [-0.39, 0.29) is 35.9 Å². The van der Waals surface area contributed by atoms with Gasteiger partial charge in [-0.05, 0) is 18.1 Å². The number of rotatable bonds is 4. The molecule has 0 aromatic carbocycles. The summed E-state index contributed by atoms with van der Waals surface area (Å²) in [6, 6.07) is 2.20. The van der Waals surface area contributed by atoms with Gasteiger partial charge in [-0.15, -0.1) is 0 Å². The molecule has 2 aliphatic heterocycles. The van der Waals surface area contributed by atoms with Crippen molar-refractivity contribution in [3.05, 3.63) is 24.2 Å². The van der Waals surface area contributed by atoms with Crippen LogP contribution in [0.25, 0.3) is 0 Å². The van der Waals surface area contributed by atoms with Gasteiger partial charge in [0.25, 0.3) is 0 Å². The quantitative estimate of drug-likeness (QED) is 0.831. The molecule has 0 aliphatic carbocycles. The van der Waals surface area contributed by atoms with E-state index in [0.29, 0.717) is 25.3 Å². The number of nitrogens with one attached hydrogen (secondary N) is 1. The van der Waals surface area contributed by atoms with E-state index >= 15 is 0 Å². The molecule has 8 nitrogen and oxygen atoms in total. The zero-order valence-electron chi connectivity index (χ0n) is 15.1. The van der Waals surface area contributed by atoms with Crippen LogP contribution < -0.4 is 5.32 Å². The molecule has 9 heteroatoms. The molecule has 2 saturated heterocycles. The van der Waals surface area contributed by atoms with E-state index < -0.39 is 21.9 Å². The minimum atomic E-state index is -3.28. The summed E-state index contributed by atoms with van der Waals surface area (Å²) >= 11 is 0. The normalized spacial score (nSPS) is 24.6. The highest BCUT2D eigenvalue weighted by atomic mass is 32.2. The first-order valence-corrected chi connectivity index (χ1v) is 10.7. The summed E-state index contributed by atoms with van der Waals surface area (Å²) in [6.45, 7) is 4.83. The van der Waals surface area contributed by atoms with Crippen molar-refractivity contribution in [3.8, 4) is 0 Å². The molecule has 2 atom stereocenters. The lowest BCUT2D eigenvalue weighted by Gasteiger charge is -2.44. The van der Waals surface area contributed by atoms with Crippen molar-refractivity contribution in [2.45, 2.75) is 38.9 Å². The summed E-state index contributed by atoms with van der Waals surface area (Å²) in [5.41, 5.74) is 0. The molecule has 0 bridgehead atoms. The van der Waals surface area contributed by atoms with Crippen LogP contribution in [0.2, 0.25) is 0 Å². The van der Waals surface area contributed by atoms with Crippen LogP contribution in [0.4, 0.5) is 4.79 Å². The number of urea groups is 1. The van der Waals surface area contributed by atoms with Gasteiger partial charge in [0.1, 0.15) is 5.76 Å². The number of hydrogen-bond acceptors (Lipinski definition) is 5. The fourth-order valence-corrected chi connectivity index (χ4v) is 5.64. The number of piperazine rings is 1. The topological polar surface area (TPSA) is 99.9 Å². The lowest BCUT2D eigenvalue weighted by Crippen LogP contribution is -2.63. The molecule has 0 radical (unpaired) electrons. The smallest absolute Gasteiger partial charge is 0.318 e. The number of carbonyl (C=O) groups is 2. The van der Waals surface area contributed by atoms with Crippen LogP contribution in [0.5, 0.6) is 0 Å². The van der Waals surface area contributed by atoms with E-state index in [4.69, 9.17) is 4.42 Å². The van der Waals surface area contributed by atoms with Crippen molar-refractivity contribution in [3.63, 3.8) is 0 Å². The average molecular weight is 383 g/mol. The van der Waals surface area contributed by atoms with Crippen molar-refractivity contribution in [1.82, 2.24) is 15.1 Å². The van der Waals surface area contributed by atoms with Gasteiger partial charge in [-0.2, -0.15) is 0 Å². The minimum Gasteiger partial charge on any atom is -0.467 e. The van der Waals surface area contributed by atoms with Gasteiger partial charge in [-0.25, -0.2) is 13.2 Å². The minimum absolute atomic E-state index is 0.0391. The van der Waals surface area contributed by atoms with Gasteiger partial charge >= 0.3 is 6.03 Å². The number of sulfone groups is 1. The summed E-state index contributed by atoms with van der Waals surface area (Å²) < 4.78 is 29.6. The average Bonchev–Trinajstić information content (AvgIpc) is 3.16.